The van der Waals surface area contributed by atoms with E-state index in [1.165, 1.54) is 11.9 Å². The Balaban J connectivity index is 2.25. The van der Waals surface area contributed by atoms with Crippen LogP contribution in [-0.4, -0.2) is 34.0 Å². The summed E-state index contributed by atoms with van der Waals surface area (Å²) in [5.41, 5.74) is 0. The van der Waals surface area contributed by atoms with Crippen molar-refractivity contribution in [1.29, 1.82) is 0 Å². The fourth-order valence-corrected chi connectivity index (χ4v) is 1.64. The van der Waals surface area contributed by atoms with Crippen LogP contribution >= 0.6 is 11.9 Å². The first-order valence-corrected chi connectivity index (χ1v) is 4.69. The van der Waals surface area contributed by atoms with Gasteiger partial charge >= 0.3 is 5.97 Å². The minimum Gasteiger partial charge on any atom is -0.481 e. The van der Waals surface area contributed by atoms with Gasteiger partial charge in [0.1, 0.15) is 0 Å². The molecule has 0 atom stereocenters. The van der Waals surface area contributed by atoms with Crippen LogP contribution in [0.25, 0.3) is 0 Å². The van der Waals surface area contributed by atoms with Crippen LogP contribution in [0.4, 0.5) is 0 Å². The van der Waals surface area contributed by atoms with Crippen LogP contribution < -0.4 is 0 Å². The van der Waals surface area contributed by atoms with Gasteiger partial charge in [0.05, 0.1) is 6.42 Å². The standard InChI is InChI=1S/C8H12N2O2S/c1-10(5-3-8(11)12)13-7-2-4-9-6-7/h2,4,6,9H,3,5H2,1H3,(H,11,12). The first-order valence-electron chi connectivity index (χ1n) is 3.92. The number of aliphatic carboxylic acids is 1. The zero-order valence-corrected chi connectivity index (χ0v) is 8.17. The van der Waals surface area contributed by atoms with Crippen LogP contribution in [0.5, 0.6) is 0 Å². The maximum Gasteiger partial charge on any atom is 0.304 e. The van der Waals surface area contributed by atoms with Gasteiger partial charge < -0.3 is 10.1 Å². The maximum atomic E-state index is 10.3. The molecule has 0 aliphatic carbocycles. The van der Waals surface area contributed by atoms with Gasteiger partial charge in [-0.1, -0.05) is 0 Å². The van der Waals surface area contributed by atoms with E-state index in [4.69, 9.17) is 5.11 Å². The summed E-state index contributed by atoms with van der Waals surface area (Å²) in [4.78, 5) is 14.3. The highest BCUT2D eigenvalue weighted by Crippen LogP contribution is 2.19. The molecule has 0 aliphatic rings. The molecule has 0 aliphatic heterocycles. The lowest BCUT2D eigenvalue weighted by Gasteiger charge is -2.12. The highest BCUT2D eigenvalue weighted by atomic mass is 32.2. The molecule has 13 heavy (non-hydrogen) atoms. The third-order valence-corrected chi connectivity index (χ3v) is 2.43. The lowest BCUT2D eigenvalue weighted by molar-refractivity contribution is -0.137. The topological polar surface area (TPSA) is 56.3 Å². The molecule has 1 aromatic rings. The van der Waals surface area contributed by atoms with Crippen molar-refractivity contribution in [3.63, 3.8) is 0 Å². The Bertz CT molecular complexity index is 261. The zero-order chi connectivity index (χ0) is 9.68. The summed E-state index contributed by atoms with van der Waals surface area (Å²) in [5.74, 6) is -0.762. The molecule has 72 valence electrons. The fraction of sp³-hybridized carbons (Fsp3) is 0.375. The summed E-state index contributed by atoms with van der Waals surface area (Å²) < 4.78 is 1.90. The van der Waals surface area contributed by atoms with Gasteiger partial charge in [0.25, 0.3) is 0 Å². The van der Waals surface area contributed by atoms with E-state index in [0.29, 0.717) is 6.54 Å². The number of aromatic amines is 1. The van der Waals surface area contributed by atoms with Crippen molar-refractivity contribution in [3.8, 4) is 0 Å². The molecule has 0 fully saturated rings. The minimum absolute atomic E-state index is 0.175. The Morgan fingerprint density at radius 1 is 1.77 bits per heavy atom. The molecule has 5 heteroatoms. The molecule has 0 unspecified atom stereocenters. The molecule has 0 amide bonds. The number of hydrogen-bond donors (Lipinski definition) is 2. The van der Waals surface area contributed by atoms with Gasteiger partial charge in [-0.15, -0.1) is 0 Å². The third kappa shape index (κ3) is 4.00. The smallest absolute Gasteiger partial charge is 0.304 e. The molecule has 0 saturated heterocycles. The summed E-state index contributed by atoms with van der Waals surface area (Å²) >= 11 is 1.53. The number of aromatic nitrogens is 1. The lowest BCUT2D eigenvalue weighted by Crippen LogP contribution is -2.13. The van der Waals surface area contributed by atoms with Gasteiger partial charge in [0.2, 0.25) is 0 Å². The highest BCUT2D eigenvalue weighted by molar-refractivity contribution is 7.97. The van der Waals surface area contributed by atoms with Gasteiger partial charge in [-0.3, -0.25) is 4.79 Å². The molecule has 1 rings (SSSR count). The number of carboxylic acids is 1. The molecule has 4 nitrogen and oxygen atoms in total. The molecule has 1 heterocycles. The molecule has 0 radical (unpaired) electrons. The Hall–Kier alpha value is -0.940. The fourth-order valence-electron chi connectivity index (χ4n) is 0.844. The van der Waals surface area contributed by atoms with Crippen molar-refractivity contribution in [1.82, 2.24) is 9.29 Å². The van der Waals surface area contributed by atoms with Crippen molar-refractivity contribution in [2.24, 2.45) is 0 Å². The van der Waals surface area contributed by atoms with Crippen LogP contribution in [0.15, 0.2) is 23.4 Å². The summed E-state index contributed by atoms with van der Waals surface area (Å²) in [6, 6.07) is 1.95. The van der Waals surface area contributed by atoms with E-state index < -0.39 is 5.97 Å². The summed E-state index contributed by atoms with van der Waals surface area (Å²) in [7, 11) is 1.88. The quantitative estimate of drug-likeness (QED) is 0.706. The average molecular weight is 200 g/mol. The number of carbonyl (C=O) groups is 1. The Labute approximate surface area is 81.1 Å². The van der Waals surface area contributed by atoms with Gasteiger partial charge in [-0.2, -0.15) is 0 Å². The van der Waals surface area contributed by atoms with E-state index in [0.717, 1.165) is 4.90 Å². The van der Waals surface area contributed by atoms with E-state index in [1.807, 2.05) is 29.8 Å². The van der Waals surface area contributed by atoms with Crippen molar-refractivity contribution in [3.05, 3.63) is 18.5 Å². The Morgan fingerprint density at radius 2 is 2.54 bits per heavy atom. The monoisotopic (exact) mass is 200 g/mol. The Kier molecular flexibility index (Phi) is 3.85. The second kappa shape index (κ2) is 4.94. The average Bonchev–Trinajstić information content (AvgIpc) is 2.53. The second-order valence-electron chi connectivity index (χ2n) is 2.63. The number of H-pyrrole nitrogens is 1. The van der Waals surface area contributed by atoms with E-state index in [1.54, 1.807) is 0 Å². The third-order valence-electron chi connectivity index (χ3n) is 1.47. The molecule has 0 saturated carbocycles. The molecule has 1 aromatic heterocycles. The Morgan fingerprint density at radius 3 is 3.08 bits per heavy atom. The number of nitrogens with zero attached hydrogens (tertiary/aromatic N) is 1. The number of carboxylic acid groups (broad SMARTS) is 1. The second-order valence-corrected chi connectivity index (χ2v) is 3.91. The molecule has 2 N–H and O–H groups in total. The number of hydrogen-bond acceptors (Lipinski definition) is 3. The van der Waals surface area contributed by atoms with E-state index in [9.17, 15) is 4.79 Å². The number of nitrogens with one attached hydrogen (secondary N) is 1. The van der Waals surface area contributed by atoms with E-state index in [-0.39, 0.29) is 6.42 Å². The first kappa shape index (κ1) is 10.1. The van der Waals surface area contributed by atoms with Crippen LogP contribution in [0.2, 0.25) is 0 Å². The van der Waals surface area contributed by atoms with Crippen LogP contribution in [-0.2, 0) is 4.79 Å². The van der Waals surface area contributed by atoms with E-state index >= 15 is 0 Å². The summed E-state index contributed by atoms with van der Waals surface area (Å²) in [5, 5.41) is 8.45. The largest absolute Gasteiger partial charge is 0.481 e. The summed E-state index contributed by atoms with van der Waals surface area (Å²) in [6.07, 6.45) is 3.89. The molecule has 0 bridgehead atoms. The molecule has 0 spiro atoms. The summed E-state index contributed by atoms with van der Waals surface area (Å²) in [6.45, 7) is 0.547. The predicted molar refractivity (Wildman–Crippen MR) is 51.5 cm³/mol. The molecule has 0 aromatic carbocycles. The van der Waals surface area contributed by atoms with Crippen LogP contribution in [0.3, 0.4) is 0 Å². The first-order chi connectivity index (χ1) is 6.18. The predicted octanol–water partition coefficient (Wildman–Crippen LogP) is 1.43. The number of rotatable bonds is 5. The van der Waals surface area contributed by atoms with Crippen molar-refractivity contribution >= 4 is 17.9 Å². The lowest BCUT2D eigenvalue weighted by atomic mass is 10.4. The van der Waals surface area contributed by atoms with Gasteiger partial charge in [-0.05, 0) is 25.1 Å². The zero-order valence-electron chi connectivity index (χ0n) is 7.36. The molecular weight excluding hydrogens is 188 g/mol. The molecular formula is C8H12N2O2S. The van der Waals surface area contributed by atoms with Crippen LogP contribution in [0, 0.1) is 0 Å². The highest BCUT2D eigenvalue weighted by Gasteiger charge is 2.03. The van der Waals surface area contributed by atoms with Crippen molar-refractivity contribution in [2.75, 3.05) is 13.6 Å². The van der Waals surface area contributed by atoms with E-state index in [2.05, 4.69) is 4.98 Å². The van der Waals surface area contributed by atoms with Gasteiger partial charge in [0, 0.05) is 23.8 Å². The minimum atomic E-state index is -0.762. The normalized spacial score (nSPS) is 10.6. The SMILES string of the molecule is CN(CCC(=O)O)Sc1cc[nH]c1. The van der Waals surface area contributed by atoms with Crippen molar-refractivity contribution in [2.45, 2.75) is 11.3 Å². The van der Waals surface area contributed by atoms with Crippen LogP contribution in [0.1, 0.15) is 6.42 Å². The van der Waals surface area contributed by atoms with Crippen molar-refractivity contribution < 1.29 is 9.90 Å². The van der Waals surface area contributed by atoms with Gasteiger partial charge in [-0.25, -0.2) is 4.31 Å². The van der Waals surface area contributed by atoms with Gasteiger partial charge in [0.15, 0.2) is 0 Å². The maximum absolute atomic E-state index is 10.3.